The SMILES string of the molecule is CC(C)CC(C)(CC(=O)O)C(C)N. The standard InChI is InChI=1S/C10H21NO2/c1-7(2)5-10(4,8(3)11)6-9(12)13/h7-8H,5-6,11H2,1-4H3,(H,12,13). The van der Waals surface area contributed by atoms with Gasteiger partial charge in [0.2, 0.25) is 0 Å². The second kappa shape index (κ2) is 4.61. The van der Waals surface area contributed by atoms with Crippen molar-refractivity contribution >= 4 is 5.97 Å². The van der Waals surface area contributed by atoms with E-state index in [2.05, 4.69) is 13.8 Å². The molecule has 0 radical (unpaired) electrons. The van der Waals surface area contributed by atoms with Crippen LogP contribution in [-0.2, 0) is 4.79 Å². The monoisotopic (exact) mass is 187 g/mol. The molecular formula is C10H21NO2. The first kappa shape index (κ1) is 12.4. The third kappa shape index (κ3) is 4.27. The van der Waals surface area contributed by atoms with Crippen LogP contribution in [0.4, 0.5) is 0 Å². The van der Waals surface area contributed by atoms with Crippen LogP contribution in [0, 0.1) is 11.3 Å². The van der Waals surface area contributed by atoms with Gasteiger partial charge in [0.15, 0.2) is 0 Å². The van der Waals surface area contributed by atoms with E-state index in [1.54, 1.807) is 0 Å². The molecule has 13 heavy (non-hydrogen) atoms. The van der Waals surface area contributed by atoms with Crippen LogP contribution >= 0.6 is 0 Å². The second-order valence-electron chi connectivity index (χ2n) is 4.61. The molecule has 78 valence electrons. The molecule has 3 heteroatoms. The lowest BCUT2D eigenvalue weighted by Crippen LogP contribution is -2.39. The minimum absolute atomic E-state index is 0.0778. The maximum atomic E-state index is 10.6. The van der Waals surface area contributed by atoms with Gasteiger partial charge in [-0.1, -0.05) is 20.8 Å². The van der Waals surface area contributed by atoms with Crippen molar-refractivity contribution in [1.29, 1.82) is 0 Å². The van der Waals surface area contributed by atoms with E-state index in [4.69, 9.17) is 10.8 Å². The first-order chi connectivity index (χ1) is 5.78. The van der Waals surface area contributed by atoms with Crippen molar-refractivity contribution in [3.63, 3.8) is 0 Å². The van der Waals surface area contributed by atoms with Crippen LogP contribution in [0.25, 0.3) is 0 Å². The quantitative estimate of drug-likeness (QED) is 0.690. The van der Waals surface area contributed by atoms with Crippen molar-refractivity contribution in [1.82, 2.24) is 0 Å². The summed E-state index contributed by atoms with van der Waals surface area (Å²) in [6.45, 7) is 8.00. The smallest absolute Gasteiger partial charge is 0.303 e. The molecule has 0 bridgehead atoms. The van der Waals surface area contributed by atoms with Crippen molar-refractivity contribution in [2.45, 2.75) is 46.6 Å². The highest BCUT2D eigenvalue weighted by molar-refractivity contribution is 5.67. The van der Waals surface area contributed by atoms with Gasteiger partial charge in [-0.15, -0.1) is 0 Å². The minimum atomic E-state index is -0.763. The van der Waals surface area contributed by atoms with Crippen molar-refractivity contribution in [3.05, 3.63) is 0 Å². The molecule has 2 atom stereocenters. The highest BCUT2D eigenvalue weighted by Crippen LogP contribution is 2.32. The lowest BCUT2D eigenvalue weighted by Gasteiger charge is -2.33. The lowest BCUT2D eigenvalue weighted by atomic mass is 9.74. The highest BCUT2D eigenvalue weighted by atomic mass is 16.4. The molecule has 0 saturated carbocycles. The normalized spacial score (nSPS) is 18.3. The Morgan fingerprint density at radius 2 is 1.92 bits per heavy atom. The fraction of sp³-hybridized carbons (Fsp3) is 0.900. The number of nitrogens with two attached hydrogens (primary N) is 1. The summed E-state index contributed by atoms with van der Waals surface area (Å²) in [5, 5.41) is 8.76. The van der Waals surface area contributed by atoms with Crippen LogP contribution in [0.1, 0.15) is 40.5 Å². The molecule has 0 saturated heterocycles. The van der Waals surface area contributed by atoms with E-state index in [-0.39, 0.29) is 17.9 Å². The number of rotatable bonds is 5. The third-order valence-electron chi connectivity index (χ3n) is 2.53. The molecule has 3 nitrogen and oxygen atoms in total. The summed E-state index contributed by atoms with van der Waals surface area (Å²) < 4.78 is 0. The molecule has 0 aliphatic heterocycles. The van der Waals surface area contributed by atoms with Gasteiger partial charge in [0.25, 0.3) is 0 Å². The molecular weight excluding hydrogens is 166 g/mol. The van der Waals surface area contributed by atoms with Gasteiger partial charge in [-0.25, -0.2) is 0 Å². The predicted octanol–water partition coefficient (Wildman–Crippen LogP) is 1.86. The predicted molar refractivity (Wildman–Crippen MR) is 53.5 cm³/mol. The number of carboxylic acid groups (broad SMARTS) is 1. The molecule has 0 heterocycles. The molecule has 0 aliphatic rings. The number of carbonyl (C=O) groups is 1. The summed E-state index contributed by atoms with van der Waals surface area (Å²) in [6, 6.07) is -0.0778. The van der Waals surface area contributed by atoms with E-state index in [1.165, 1.54) is 0 Å². The zero-order valence-corrected chi connectivity index (χ0v) is 9.00. The highest BCUT2D eigenvalue weighted by Gasteiger charge is 2.32. The van der Waals surface area contributed by atoms with Crippen LogP contribution in [0.2, 0.25) is 0 Å². The first-order valence-electron chi connectivity index (χ1n) is 4.75. The average Bonchev–Trinajstić information content (AvgIpc) is 1.82. The van der Waals surface area contributed by atoms with Gasteiger partial charge >= 0.3 is 5.97 Å². The lowest BCUT2D eigenvalue weighted by molar-refractivity contribution is -0.140. The Hall–Kier alpha value is -0.570. The Morgan fingerprint density at radius 1 is 1.46 bits per heavy atom. The maximum Gasteiger partial charge on any atom is 0.303 e. The molecule has 0 fully saturated rings. The van der Waals surface area contributed by atoms with Gasteiger partial charge in [0.05, 0.1) is 6.42 Å². The van der Waals surface area contributed by atoms with Gasteiger partial charge in [-0.05, 0) is 24.7 Å². The number of hydrogen-bond acceptors (Lipinski definition) is 2. The Labute approximate surface area is 80.3 Å². The van der Waals surface area contributed by atoms with E-state index in [0.717, 1.165) is 6.42 Å². The zero-order valence-electron chi connectivity index (χ0n) is 9.00. The minimum Gasteiger partial charge on any atom is -0.481 e. The third-order valence-corrected chi connectivity index (χ3v) is 2.53. The van der Waals surface area contributed by atoms with Crippen LogP contribution in [0.15, 0.2) is 0 Å². The van der Waals surface area contributed by atoms with Crippen molar-refractivity contribution in [2.75, 3.05) is 0 Å². The molecule has 0 aromatic heterocycles. The van der Waals surface area contributed by atoms with Gasteiger partial charge in [-0.2, -0.15) is 0 Å². The topological polar surface area (TPSA) is 63.3 Å². The molecule has 0 aromatic carbocycles. The van der Waals surface area contributed by atoms with E-state index in [0.29, 0.717) is 5.92 Å². The van der Waals surface area contributed by atoms with Crippen LogP contribution in [0.5, 0.6) is 0 Å². The van der Waals surface area contributed by atoms with Gasteiger partial charge in [-0.3, -0.25) is 4.79 Å². The summed E-state index contributed by atoms with van der Waals surface area (Å²) in [6.07, 6.45) is 1.01. The Bertz CT molecular complexity index is 178. The molecule has 3 N–H and O–H groups in total. The number of hydrogen-bond donors (Lipinski definition) is 2. The molecule has 0 spiro atoms. The molecule has 0 rings (SSSR count). The molecule has 2 unspecified atom stereocenters. The maximum absolute atomic E-state index is 10.6. The Kier molecular flexibility index (Phi) is 4.40. The van der Waals surface area contributed by atoms with Gasteiger partial charge in [0.1, 0.15) is 0 Å². The zero-order chi connectivity index (χ0) is 10.6. The van der Waals surface area contributed by atoms with E-state index in [9.17, 15) is 4.79 Å². The fourth-order valence-electron chi connectivity index (χ4n) is 1.70. The van der Waals surface area contributed by atoms with Crippen LogP contribution in [-0.4, -0.2) is 17.1 Å². The second-order valence-corrected chi connectivity index (χ2v) is 4.61. The van der Waals surface area contributed by atoms with Crippen molar-refractivity contribution in [2.24, 2.45) is 17.1 Å². The van der Waals surface area contributed by atoms with Gasteiger partial charge in [0, 0.05) is 6.04 Å². The Balaban J connectivity index is 4.43. The number of aliphatic carboxylic acids is 1. The van der Waals surface area contributed by atoms with Crippen molar-refractivity contribution < 1.29 is 9.90 Å². The molecule has 0 amide bonds. The number of carboxylic acids is 1. The van der Waals surface area contributed by atoms with Gasteiger partial charge < -0.3 is 10.8 Å². The summed E-state index contributed by atoms with van der Waals surface area (Å²) in [7, 11) is 0. The van der Waals surface area contributed by atoms with Crippen LogP contribution in [0.3, 0.4) is 0 Å². The summed E-state index contributed by atoms with van der Waals surface area (Å²) in [5.41, 5.74) is 5.53. The first-order valence-corrected chi connectivity index (χ1v) is 4.75. The Morgan fingerprint density at radius 3 is 2.15 bits per heavy atom. The van der Waals surface area contributed by atoms with E-state index >= 15 is 0 Å². The molecule has 0 aromatic rings. The van der Waals surface area contributed by atoms with Crippen molar-refractivity contribution in [3.8, 4) is 0 Å². The van der Waals surface area contributed by atoms with E-state index < -0.39 is 5.97 Å². The average molecular weight is 187 g/mol. The summed E-state index contributed by atoms with van der Waals surface area (Å²) >= 11 is 0. The summed E-state index contributed by atoms with van der Waals surface area (Å²) in [5.74, 6) is -0.282. The molecule has 0 aliphatic carbocycles. The van der Waals surface area contributed by atoms with E-state index in [1.807, 2.05) is 13.8 Å². The fourth-order valence-corrected chi connectivity index (χ4v) is 1.70. The summed E-state index contributed by atoms with van der Waals surface area (Å²) in [4.78, 5) is 10.6. The van der Waals surface area contributed by atoms with Crippen LogP contribution < -0.4 is 5.73 Å². The largest absolute Gasteiger partial charge is 0.481 e.